The number of ether oxygens (including phenoxy) is 3. The van der Waals surface area contributed by atoms with Crippen molar-refractivity contribution in [2.75, 3.05) is 30.0 Å². The molecule has 1 N–H and O–H groups in total. The summed E-state index contributed by atoms with van der Waals surface area (Å²) in [5, 5.41) is 2.83. The number of carbonyl (C=O) groups excluding carboxylic acids is 2. The molecule has 2 amide bonds. The maximum atomic E-state index is 12.8. The summed E-state index contributed by atoms with van der Waals surface area (Å²) in [6.07, 6.45) is -0.638. The third-order valence-corrected chi connectivity index (χ3v) is 5.97. The average molecular weight is 475 g/mol. The van der Waals surface area contributed by atoms with Crippen molar-refractivity contribution in [1.82, 2.24) is 0 Å². The zero-order valence-electron chi connectivity index (χ0n) is 20.5. The smallest absolute Gasteiger partial charge is 0.267 e. The Labute approximate surface area is 205 Å². The van der Waals surface area contributed by atoms with Gasteiger partial charge in [-0.3, -0.25) is 9.59 Å². The lowest BCUT2D eigenvalue weighted by atomic mass is 10.1. The molecule has 7 heteroatoms. The SMILES string of the molecule is Cc1ccc(OCCN2C(=O)C(C)Oc3cc(NC(=O)COc4cccc(C)c4C)ccc32)cc1. The van der Waals surface area contributed by atoms with Crippen LogP contribution >= 0.6 is 0 Å². The number of hydrogen-bond acceptors (Lipinski definition) is 5. The molecule has 35 heavy (non-hydrogen) atoms. The molecule has 0 aromatic heterocycles. The number of aryl methyl sites for hydroxylation is 2. The van der Waals surface area contributed by atoms with Gasteiger partial charge in [-0.1, -0.05) is 29.8 Å². The molecule has 1 unspecified atom stereocenters. The second kappa shape index (κ2) is 10.5. The Morgan fingerprint density at radius 1 is 1.03 bits per heavy atom. The van der Waals surface area contributed by atoms with Crippen molar-refractivity contribution in [2.45, 2.75) is 33.8 Å². The predicted octanol–water partition coefficient (Wildman–Crippen LogP) is 4.82. The summed E-state index contributed by atoms with van der Waals surface area (Å²) in [7, 11) is 0. The fourth-order valence-corrected chi connectivity index (χ4v) is 3.83. The summed E-state index contributed by atoms with van der Waals surface area (Å²) in [6, 6.07) is 18.8. The number of benzene rings is 3. The van der Waals surface area contributed by atoms with Crippen LogP contribution in [0.1, 0.15) is 23.6 Å². The van der Waals surface area contributed by atoms with Crippen LogP contribution in [0.15, 0.2) is 60.7 Å². The van der Waals surface area contributed by atoms with E-state index in [1.54, 1.807) is 30.0 Å². The molecule has 1 heterocycles. The number of anilines is 2. The molecule has 3 aromatic carbocycles. The summed E-state index contributed by atoms with van der Waals surface area (Å²) in [5.41, 5.74) is 4.48. The van der Waals surface area contributed by atoms with E-state index in [1.807, 2.05) is 63.2 Å². The van der Waals surface area contributed by atoms with Crippen LogP contribution < -0.4 is 24.4 Å². The van der Waals surface area contributed by atoms with Gasteiger partial charge in [0.05, 0.1) is 12.2 Å². The van der Waals surface area contributed by atoms with E-state index in [9.17, 15) is 9.59 Å². The standard InChI is InChI=1S/C28H30N2O5/c1-18-8-11-23(12-9-18)33-15-14-30-24-13-10-22(16-26(24)35-21(4)28(30)32)29-27(31)17-34-25-7-5-6-19(2)20(25)3/h5-13,16,21H,14-15,17H2,1-4H3,(H,29,31). The minimum atomic E-state index is -0.638. The monoisotopic (exact) mass is 474 g/mol. The van der Waals surface area contributed by atoms with Crippen molar-refractivity contribution in [1.29, 1.82) is 0 Å². The number of nitrogens with one attached hydrogen (secondary N) is 1. The second-order valence-corrected chi connectivity index (χ2v) is 8.63. The van der Waals surface area contributed by atoms with Gasteiger partial charge in [-0.05, 0) is 69.2 Å². The van der Waals surface area contributed by atoms with Crippen LogP contribution in [-0.2, 0) is 9.59 Å². The molecule has 0 saturated carbocycles. The van der Waals surface area contributed by atoms with Crippen molar-refractivity contribution < 1.29 is 23.8 Å². The topological polar surface area (TPSA) is 77.1 Å². The fraction of sp³-hybridized carbons (Fsp3) is 0.286. The van der Waals surface area contributed by atoms with Crippen LogP contribution in [0.4, 0.5) is 11.4 Å². The van der Waals surface area contributed by atoms with Gasteiger partial charge >= 0.3 is 0 Å². The van der Waals surface area contributed by atoms with Crippen LogP contribution in [0.25, 0.3) is 0 Å². The number of hydrogen-bond donors (Lipinski definition) is 1. The number of rotatable bonds is 8. The first kappa shape index (κ1) is 24.1. The molecule has 1 atom stereocenters. The first-order valence-electron chi connectivity index (χ1n) is 11.6. The van der Waals surface area contributed by atoms with Crippen LogP contribution in [0.2, 0.25) is 0 Å². The van der Waals surface area contributed by atoms with Gasteiger partial charge in [0.2, 0.25) is 0 Å². The van der Waals surface area contributed by atoms with Gasteiger partial charge in [0.25, 0.3) is 11.8 Å². The van der Waals surface area contributed by atoms with E-state index in [2.05, 4.69) is 5.32 Å². The van der Waals surface area contributed by atoms with Crippen molar-refractivity contribution in [3.63, 3.8) is 0 Å². The Balaban J connectivity index is 1.39. The van der Waals surface area contributed by atoms with Crippen LogP contribution in [0.5, 0.6) is 17.2 Å². The highest BCUT2D eigenvalue weighted by atomic mass is 16.5. The molecule has 1 aliphatic heterocycles. The minimum absolute atomic E-state index is 0.112. The molecule has 0 aliphatic carbocycles. The molecule has 0 bridgehead atoms. The molecule has 182 valence electrons. The van der Waals surface area contributed by atoms with Gasteiger partial charge in [-0.15, -0.1) is 0 Å². The van der Waals surface area contributed by atoms with Gasteiger partial charge in [0.15, 0.2) is 12.7 Å². The number of nitrogens with zero attached hydrogens (tertiary/aromatic N) is 1. The highest BCUT2D eigenvalue weighted by Gasteiger charge is 2.31. The lowest BCUT2D eigenvalue weighted by Crippen LogP contribution is -2.46. The molecular weight excluding hydrogens is 444 g/mol. The number of amides is 2. The predicted molar refractivity (Wildman–Crippen MR) is 136 cm³/mol. The molecule has 0 saturated heterocycles. The Morgan fingerprint density at radius 3 is 2.57 bits per heavy atom. The van der Waals surface area contributed by atoms with Crippen molar-refractivity contribution in [2.24, 2.45) is 0 Å². The van der Waals surface area contributed by atoms with Gasteiger partial charge in [0.1, 0.15) is 23.9 Å². The average Bonchev–Trinajstić information content (AvgIpc) is 2.83. The molecular formula is C28H30N2O5. The lowest BCUT2D eigenvalue weighted by Gasteiger charge is -2.33. The number of carbonyl (C=O) groups is 2. The Bertz CT molecular complexity index is 1220. The third-order valence-electron chi connectivity index (χ3n) is 5.97. The van der Waals surface area contributed by atoms with Gasteiger partial charge < -0.3 is 24.4 Å². The largest absolute Gasteiger partial charge is 0.492 e. The molecule has 0 fully saturated rings. The summed E-state index contributed by atoms with van der Waals surface area (Å²) >= 11 is 0. The normalized spacial score (nSPS) is 14.7. The zero-order chi connectivity index (χ0) is 24.9. The Hall–Kier alpha value is -4.00. The van der Waals surface area contributed by atoms with Crippen LogP contribution in [0, 0.1) is 20.8 Å². The van der Waals surface area contributed by atoms with Crippen LogP contribution in [0.3, 0.4) is 0 Å². The summed E-state index contributed by atoms with van der Waals surface area (Å²) in [5.74, 6) is 1.55. The molecule has 4 rings (SSSR count). The van der Waals surface area contributed by atoms with Crippen molar-refractivity contribution in [3.05, 3.63) is 77.4 Å². The number of fused-ring (bicyclic) bond motifs is 1. The molecule has 7 nitrogen and oxygen atoms in total. The molecule has 0 radical (unpaired) electrons. The highest BCUT2D eigenvalue weighted by molar-refractivity contribution is 6.00. The van der Waals surface area contributed by atoms with E-state index in [1.165, 1.54) is 0 Å². The molecule has 3 aromatic rings. The van der Waals surface area contributed by atoms with Gasteiger partial charge in [0, 0.05) is 11.8 Å². The van der Waals surface area contributed by atoms with E-state index in [0.717, 1.165) is 22.4 Å². The molecule has 0 spiro atoms. The summed E-state index contributed by atoms with van der Waals surface area (Å²) in [6.45, 7) is 8.30. The van der Waals surface area contributed by atoms with Gasteiger partial charge in [-0.2, -0.15) is 0 Å². The maximum absolute atomic E-state index is 12.8. The first-order valence-corrected chi connectivity index (χ1v) is 11.6. The summed E-state index contributed by atoms with van der Waals surface area (Å²) < 4.78 is 17.3. The maximum Gasteiger partial charge on any atom is 0.267 e. The lowest BCUT2D eigenvalue weighted by molar-refractivity contribution is -0.125. The quantitative estimate of drug-likeness (QED) is 0.506. The Morgan fingerprint density at radius 2 is 1.80 bits per heavy atom. The minimum Gasteiger partial charge on any atom is -0.492 e. The van der Waals surface area contributed by atoms with Crippen LogP contribution in [-0.4, -0.2) is 37.7 Å². The second-order valence-electron chi connectivity index (χ2n) is 8.63. The Kier molecular flexibility index (Phi) is 7.25. The van der Waals surface area contributed by atoms with E-state index >= 15 is 0 Å². The first-order chi connectivity index (χ1) is 16.8. The van der Waals surface area contributed by atoms with E-state index in [0.29, 0.717) is 36.0 Å². The van der Waals surface area contributed by atoms with E-state index in [-0.39, 0.29) is 18.4 Å². The fourth-order valence-electron chi connectivity index (χ4n) is 3.83. The third kappa shape index (κ3) is 5.74. The molecule has 1 aliphatic rings. The van der Waals surface area contributed by atoms with Crippen molar-refractivity contribution in [3.8, 4) is 17.2 Å². The van der Waals surface area contributed by atoms with E-state index in [4.69, 9.17) is 14.2 Å². The van der Waals surface area contributed by atoms with Gasteiger partial charge in [-0.25, -0.2) is 0 Å². The van der Waals surface area contributed by atoms with E-state index < -0.39 is 6.10 Å². The zero-order valence-corrected chi connectivity index (χ0v) is 20.5. The highest BCUT2D eigenvalue weighted by Crippen LogP contribution is 2.36. The summed E-state index contributed by atoms with van der Waals surface area (Å²) in [4.78, 5) is 26.9. The van der Waals surface area contributed by atoms with Crippen molar-refractivity contribution >= 4 is 23.2 Å².